The largest absolute Gasteiger partial charge is 0.457 e. The van der Waals surface area contributed by atoms with Crippen molar-refractivity contribution in [3.8, 4) is 11.5 Å². The minimum Gasteiger partial charge on any atom is -0.457 e. The van der Waals surface area contributed by atoms with Gasteiger partial charge in [-0.2, -0.15) is 13.2 Å². The predicted molar refractivity (Wildman–Crippen MR) is 143 cm³/mol. The van der Waals surface area contributed by atoms with Crippen molar-refractivity contribution in [1.29, 1.82) is 0 Å². The zero-order chi connectivity index (χ0) is 27.7. The summed E-state index contributed by atoms with van der Waals surface area (Å²) >= 11 is 6.16. The molecular formula is C30H24ClF3N2O3. The Bertz CT molecular complexity index is 1510. The van der Waals surface area contributed by atoms with E-state index in [9.17, 15) is 22.8 Å². The van der Waals surface area contributed by atoms with E-state index in [1.807, 2.05) is 30.3 Å². The molecule has 39 heavy (non-hydrogen) atoms. The number of amides is 1. The number of hydrogen-bond donors (Lipinski definition) is 2. The number of hydrogen-bond acceptors (Lipinski definition) is 4. The second-order valence-electron chi connectivity index (χ2n) is 9.40. The fourth-order valence-electron chi connectivity index (χ4n) is 4.99. The van der Waals surface area contributed by atoms with Crippen LogP contribution in [0.1, 0.15) is 43.2 Å². The van der Waals surface area contributed by atoms with Gasteiger partial charge in [0.1, 0.15) is 11.5 Å². The van der Waals surface area contributed by atoms with E-state index in [0.29, 0.717) is 47.6 Å². The van der Waals surface area contributed by atoms with E-state index < -0.39 is 23.6 Å². The number of carbonyl (C=O) groups excluding carboxylic acids is 2. The number of benzene rings is 3. The van der Waals surface area contributed by atoms with Gasteiger partial charge in [0.05, 0.1) is 16.3 Å². The van der Waals surface area contributed by atoms with Crippen LogP contribution in [0.25, 0.3) is 0 Å². The van der Waals surface area contributed by atoms with Gasteiger partial charge in [0.25, 0.3) is 5.91 Å². The van der Waals surface area contributed by atoms with Crippen LogP contribution in [0.5, 0.6) is 11.5 Å². The lowest BCUT2D eigenvalue weighted by Gasteiger charge is -2.34. The number of carbonyl (C=O) groups is 2. The van der Waals surface area contributed by atoms with Crippen molar-refractivity contribution in [1.82, 2.24) is 5.32 Å². The van der Waals surface area contributed by atoms with Crippen LogP contribution in [0.2, 0.25) is 5.02 Å². The maximum atomic E-state index is 13.7. The van der Waals surface area contributed by atoms with E-state index in [1.165, 1.54) is 0 Å². The number of dihydropyridines is 1. The van der Waals surface area contributed by atoms with Gasteiger partial charge in [0, 0.05) is 34.9 Å². The van der Waals surface area contributed by atoms with Crippen molar-refractivity contribution in [2.24, 2.45) is 0 Å². The van der Waals surface area contributed by atoms with Crippen molar-refractivity contribution in [2.45, 2.75) is 38.3 Å². The lowest BCUT2D eigenvalue weighted by Crippen LogP contribution is -2.35. The molecular weight excluding hydrogens is 529 g/mol. The number of anilines is 1. The molecule has 5 rings (SSSR count). The van der Waals surface area contributed by atoms with E-state index in [-0.39, 0.29) is 22.1 Å². The number of halogens is 4. The third-order valence-electron chi connectivity index (χ3n) is 6.73. The molecule has 0 radical (unpaired) electrons. The molecule has 0 spiro atoms. The summed E-state index contributed by atoms with van der Waals surface area (Å²) in [6.45, 7) is 1.71. The Kier molecular flexibility index (Phi) is 7.23. The summed E-state index contributed by atoms with van der Waals surface area (Å²) in [5.74, 6) is -0.361. The topological polar surface area (TPSA) is 67.4 Å². The number of Topliss-reactive ketones (excluding diaryl/α,β-unsaturated/α-hetero) is 1. The number of nitrogens with one attached hydrogen (secondary N) is 2. The average molecular weight is 553 g/mol. The fraction of sp³-hybridized carbons (Fsp3) is 0.200. The summed E-state index contributed by atoms with van der Waals surface area (Å²) in [4.78, 5) is 26.9. The molecule has 1 heterocycles. The third-order valence-corrected chi connectivity index (χ3v) is 7.06. The zero-order valence-electron chi connectivity index (χ0n) is 20.9. The molecule has 200 valence electrons. The van der Waals surface area contributed by atoms with Crippen molar-refractivity contribution in [3.63, 3.8) is 0 Å². The van der Waals surface area contributed by atoms with Crippen LogP contribution in [0, 0.1) is 0 Å². The highest BCUT2D eigenvalue weighted by Gasteiger charge is 2.39. The summed E-state index contributed by atoms with van der Waals surface area (Å²) < 4.78 is 46.0. The van der Waals surface area contributed by atoms with E-state index >= 15 is 0 Å². The van der Waals surface area contributed by atoms with Crippen LogP contribution in [0.3, 0.4) is 0 Å². The third kappa shape index (κ3) is 5.56. The number of alkyl halides is 3. The van der Waals surface area contributed by atoms with Gasteiger partial charge in [-0.05, 0) is 67.8 Å². The summed E-state index contributed by atoms with van der Waals surface area (Å²) in [5, 5.41) is 5.72. The maximum absolute atomic E-state index is 13.7. The molecule has 0 bridgehead atoms. The average Bonchev–Trinajstić information content (AvgIpc) is 2.89. The standard InChI is InChI=1S/C30H24ClF3N2O3/c1-17-26(29(38)36-24-16-19(30(32,33)34)13-14-22(24)31)27(28-23(35-17)11-6-12-25(28)37)18-7-5-10-21(15-18)39-20-8-3-2-4-9-20/h2-5,7-10,13-16,27,35H,6,11-12H2,1H3,(H,36,38). The first-order valence-corrected chi connectivity index (χ1v) is 12.7. The molecule has 0 saturated heterocycles. The van der Waals surface area contributed by atoms with E-state index in [4.69, 9.17) is 16.3 Å². The molecule has 5 nitrogen and oxygen atoms in total. The van der Waals surface area contributed by atoms with Crippen LogP contribution in [0.4, 0.5) is 18.9 Å². The predicted octanol–water partition coefficient (Wildman–Crippen LogP) is 7.76. The van der Waals surface area contributed by atoms with Crippen molar-refractivity contribution >= 4 is 29.0 Å². The Morgan fingerprint density at radius 1 is 1.00 bits per heavy atom. The number of para-hydroxylation sites is 1. The van der Waals surface area contributed by atoms with Crippen molar-refractivity contribution < 1.29 is 27.5 Å². The number of rotatable bonds is 5. The molecule has 0 aromatic heterocycles. The highest BCUT2D eigenvalue weighted by atomic mass is 35.5. The van der Waals surface area contributed by atoms with Crippen LogP contribution in [-0.4, -0.2) is 11.7 Å². The molecule has 2 aliphatic rings. The molecule has 0 saturated carbocycles. The first-order chi connectivity index (χ1) is 18.6. The van der Waals surface area contributed by atoms with Crippen LogP contribution >= 0.6 is 11.6 Å². The van der Waals surface area contributed by atoms with Gasteiger partial charge in [0.15, 0.2) is 5.78 Å². The Balaban J connectivity index is 1.55. The minimum atomic E-state index is -4.61. The minimum absolute atomic E-state index is 0.0400. The lowest BCUT2D eigenvalue weighted by molar-refractivity contribution is -0.137. The smallest absolute Gasteiger partial charge is 0.416 e. The molecule has 3 aromatic rings. The number of allylic oxidation sites excluding steroid dienone is 3. The normalized spacial score (nSPS) is 17.5. The second-order valence-corrected chi connectivity index (χ2v) is 9.81. The molecule has 1 amide bonds. The Morgan fingerprint density at radius 3 is 2.49 bits per heavy atom. The van der Waals surface area contributed by atoms with Crippen molar-refractivity contribution in [2.75, 3.05) is 5.32 Å². The van der Waals surface area contributed by atoms with Gasteiger partial charge in [0.2, 0.25) is 0 Å². The molecule has 1 unspecified atom stereocenters. The Hall–Kier alpha value is -4.04. The molecule has 1 atom stereocenters. The summed E-state index contributed by atoms with van der Waals surface area (Å²) in [6.07, 6.45) is -2.95. The van der Waals surface area contributed by atoms with Crippen LogP contribution in [-0.2, 0) is 15.8 Å². The van der Waals surface area contributed by atoms with Gasteiger partial charge in [-0.25, -0.2) is 0 Å². The van der Waals surface area contributed by atoms with E-state index in [0.717, 1.165) is 23.9 Å². The maximum Gasteiger partial charge on any atom is 0.416 e. The molecule has 3 aromatic carbocycles. The van der Waals surface area contributed by atoms with Gasteiger partial charge in [-0.3, -0.25) is 9.59 Å². The van der Waals surface area contributed by atoms with Crippen LogP contribution < -0.4 is 15.4 Å². The molecule has 2 N–H and O–H groups in total. The van der Waals surface area contributed by atoms with E-state index in [1.54, 1.807) is 31.2 Å². The summed E-state index contributed by atoms with van der Waals surface area (Å²) in [5.41, 5.74) is 1.47. The van der Waals surface area contributed by atoms with E-state index in [2.05, 4.69) is 10.6 Å². The molecule has 1 aliphatic carbocycles. The molecule has 9 heteroatoms. The number of ether oxygens (including phenoxy) is 1. The monoisotopic (exact) mass is 552 g/mol. The number of ketones is 1. The van der Waals surface area contributed by atoms with Gasteiger partial charge >= 0.3 is 6.18 Å². The highest BCUT2D eigenvalue weighted by Crippen LogP contribution is 2.44. The first-order valence-electron chi connectivity index (χ1n) is 12.4. The molecule has 0 fully saturated rings. The van der Waals surface area contributed by atoms with Gasteiger partial charge < -0.3 is 15.4 Å². The SMILES string of the molecule is CC1=C(C(=O)Nc2cc(C(F)(F)F)ccc2Cl)C(c2cccc(Oc3ccccc3)c2)C2=C(CCCC2=O)N1. The second kappa shape index (κ2) is 10.6. The lowest BCUT2D eigenvalue weighted by atomic mass is 9.75. The summed E-state index contributed by atoms with van der Waals surface area (Å²) in [7, 11) is 0. The highest BCUT2D eigenvalue weighted by molar-refractivity contribution is 6.34. The Labute approximate surface area is 228 Å². The zero-order valence-corrected chi connectivity index (χ0v) is 21.6. The van der Waals surface area contributed by atoms with Crippen molar-refractivity contribution in [3.05, 3.63) is 111 Å². The first kappa shape index (κ1) is 26.6. The van der Waals surface area contributed by atoms with Gasteiger partial charge in [-0.1, -0.05) is 41.9 Å². The quantitative estimate of drug-likeness (QED) is 0.339. The Morgan fingerprint density at radius 2 is 1.74 bits per heavy atom. The summed E-state index contributed by atoms with van der Waals surface area (Å²) in [6, 6.07) is 19.0. The molecule has 1 aliphatic heterocycles. The van der Waals surface area contributed by atoms with Crippen LogP contribution in [0.15, 0.2) is 95.3 Å². The fourth-order valence-corrected chi connectivity index (χ4v) is 5.15. The van der Waals surface area contributed by atoms with Gasteiger partial charge in [-0.15, -0.1) is 0 Å².